The van der Waals surface area contributed by atoms with Gasteiger partial charge in [0, 0.05) is 38.3 Å². The van der Waals surface area contributed by atoms with Crippen molar-refractivity contribution in [2.75, 3.05) is 26.0 Å². The Balaban J connectivity index is 2.37. The van der Waals surface area contributed by atoms with Gasteiger partial charge < -0.3 is 4.74 Å². The molecule has 0 spiro atoms. The second-order valence-electron chi connectivity index (χ2n) is 4.62. The van der Waals surface area contributed by atoms with Crippen LogP contribution in [0.2, 0.25) is 0 Å². The van der Waals surface area contributed by atoms with Gasteiger partial charge in [0.05, 0.1) is 12.4 Å². The molecule has 0 bridgehead atoms. The van der Waals surface area contributed by atoms with Crippen LogP contribution in [-0.4, -0.2) is 49.6 Å². The molecule has 0 aromatic carbocycles. The number of esters is 1. The molecule has 0 fully saturated rings. The van der Waals surface area contributed by atoms with Crippen LogP contribution < -0.4 is 0 Å². The monoisotopic (exact) mass is 314 g/mol. The third-order valence-corrected chi connectivity index (χ3v) is 4.91. The Kier molecular flexibility index (Phi) is 7.31. The first-order valence-corrected chi connectivity index (χ1v) is 8.56. The first-order valence-electron chi connectivity index (χ1n) is 6.95. The van der Waals surface area contributed by atoms with Crippen molar-refractivity contribution < 1.29 is 17.9 Å². The van der Waals surface area contributed by atoms with E-state index in [9.17, 15) is 13.2 Å². The van der Waals surface area contributed by atoms with Gasteiger partial charge in [0.15, 0.2) is 0 Å². The summed E-state index contributed by atoms with van der Waals surface area (Å²) in [5.41, 5.74) is 0.853. The molecule has 0 saturated heterocycles. The Labute approximate surface area is 126 Å². The SMILES string of the molecule is CCOC(=O)CCCS(=O)(=O)N(C)CCc1ccccn1. The molecule has 0 unspecified atom stereocenters. The Bertz CT molecular complexity index is 531. The zero-order chi connectivity index (χ0) is 15.7. The molecule has 21 heavy (non-hydrogen) atoms. The fraction of sp³-hybridized carbons (Fsp3) is 0.571. The fourth-order valence-electron chi connectivity index (χ4n) is 1.74. The predicted molar refractivity (Wildman–Crippen MR) is 80.2 cm³/mol. The van der Waals surface area contributed by atoms with Gasteiger partial charge in [-0.05, 0) is 25.5 Å². The van der Waals surface area contributed by atoms with Gasteiger partial charge in [0.2, 0.25) is 10.0 Å². The molecule has 0 N–H and O–H groups in total. The molecule has 1 aromatic rings. The smallest absolute Gasteiger partial charge is 0.305 e. The van der Waals surface area contributed by atoms with E-state index in [0.29, 0.717) is 19.6 Å². The summed E-state index contributed by atoms with van der Waals surface area (Å²) < 4.78 is 30.2. The number of hydrogen-bond acceptors (Lipinski definition) is 5. The van der Waals surface area contributed by atoms with Gasteiger partial charge in [0.1, 0.15) is 0 Å². The van der Waals surface area contributed by atoms with E-state index in [0.717, 1.165) is 5.69 Å². The van der Waals surface area contributed by atoms with Crippen molar-refractivity contribution in [3.63, 3.8) is 0 Å². The third-order valence-electron chi connectivity index (χ3n) is 2.97. The molecule has 0 amide bonds. The van der Waals surface area contributed by atoms with Crippen LogP contribution in [0.4, 0.5) is 0 Å². The highest BCUT2D eigenvalue weighted by Gasteiger charge is 2.18. The lowest BCUT2D eigenvalue weighted by atomic mass is 10.3. The van der Waals surface area contributed by atoms with E-state index < -0.39 is 10.0 Å². The molecule has 118 valence electrons. The van der Waals surface area contributed by atoms with Crippen LogP contribution in [0, 0.1) is 0 Å². The average molecular weight is 314 g/mol. The molecule has 0 aliphatic carbocycles. The molecule has 7 heteroatoms. The van der Waals surface area contributed by atoms with Crippen LogP contribution in [0.15, 0.2) is 24.4 Å². The van der Waals surface area contributed by atoms with Crippen molar-refractivity contribution in [3.05, 3.63) is 30.1 Å². The van der Waals surface area contributed by atoms with Crippen LogP contribution >= 0.6 is 0 Å². The van der Waals surface area contributed by atoms with Gasteiger partial charge >= 0.3 is 5.97 Å². The quantitative estimate of drug-likeness (QED) is 0.641. The fourth-order valence-corrected chi connectivity index (χ4v) is 2.94. The Hall–Kier alpha value is -1.47. The maximum atomic E-state index is 12.0. The third kappa shape index (κ3) is 6.68. The minimum atomic E-state index is -3.34. The first kappa shape index (κ1) is 17.6. The number of pyridine rings is 1. The Morgan fingerprint density at radius 1 is 1.38 bits per heavy atom. The molecule has 1 heterocycles. The summed E-state index contributed by atoms with van der Waals surface area (Å²) in [4.78, 5) is 15.3. The molecule has 0 atom stereocenters. The molecule has 0 aliphatic rings. The summed E-state index contributed by atoms with van der Waals surface area (Å²) in [6, 6.07) is 5.55. The molecule has 0 saturated carbocycles. The number of aromatic nitrogens is 1. The number of carbonyl (C=O) groups is 1. The summed E-state index contributed by atoms with van der Waals surface area (Å²) >= 11 is 0. The van der Waals surface area contributed by atoms with E-state index in [4.69, 9.17) is 4.74 Å². The number of nitrogens with zero attached hydrogens (tertiary/aromatic N) is 2. The predicted octanol–water partition coefficient (Wildman–Crippen LogP) is 1.23. The van der Waals surface area contributed by atoms with Crippen LogP contribution in [0.25, 0.3) is 0 Å². The van der Waals surface area contributed by atoms with E-state index in [1.54, 1.807) is 20.2 Å². The molecule has 6 nitrogen and oxygen atoms in total. The van der Waals surface area contributed by atoms with E-state index in [1.807, 2.05) is 18.2 Å². The first-order chi connectivity index (χ1) is 9.95. The van der Waals surface area contributed by atoms with E-state index in [2.05, 4.69) is 4.98 Å². The van der Waals surface area contributed by atoms with Gasteiger partial charge in [-0.2, -0.15) is 0 Å². The van der Waals surface area contributed by atoms with Gasteiger partial charge in [0.25, 0.3) is 0 Å². The van der Waals surface area contributed by atoms with E-state index in [-0.39, 0.29) is 24.6 Å². The average Bonchev–Trinajstić information content (AvgIpc) is 2.46. The van der Waals surface area contributed by atoms with Gasteiger partial charge in [-0.25, -0.2) is 12.7 Å². The van der Waals surface area contributed by atoms with Crippen LogP contribution in [0.3, 0.4) is 0 Å². The lowest BCUT2D eigenvalue weighted by Gasteiger charge is -2.16. The number of ether oxygens (including phenoxy) is 1. The van der Waals surface area contributed by atoms with Gasteiger partial charge in [-0.15, -0.1) is 0 Å². The second-order valence-corrected chi connectivity index (χ2v) is 6.81. The van der Waals surface area contributed by atoms with Crippen molar-refractivity contribution in [3.8, 4) is 0 Å². The number of hydrogen-bond donors (Lipinski definition) is 0. The Morgan fingerprint density at radius 3 is 2.76 bits per heavy atom. The molecule has 1 aromatic heterocycles. The molecule has 0 aliphatic heterocycles. The highest BCUT2D eigenvalue weighted by molar-refractivity contribution is 7.89. The van der Waals surface area contributed by atoms with Crippen LogP contribution in [0.1, 0.15) is 25.5 Å². The standard InChI is InChI=1S/C14H22N2O4S/c1-3-20-14(17)8-6-12-21(18,19)16(2)11-9-13-7-4-5-10-15-13/h4-5,7,10H,3,6,8-9,11-12H2,1-2H3. The summed E-state index contributed by atoms with van der Waals surface area (Å²) in [7, 11) is -1.80. The highest BCUT2D eigenvalue weighted by Crippen LogP contribution is 2.05. The molecule has 1 rings (SSSR count). The minimum Gasteiger partial charge on any atom is -0.466 e. The highest BCUT2D eigenvalue weighted by atomic mass is 32.2. The maximum Gasteiger partial charge on any atom is 0.305 e. The molecular weight excluding hydrogens is 292 g/mol. The second kappa shape index (κ2) is 8.74. The molecule has 0 radical (unpaired) electrons. The van der Waals surface area contributed by atoms with Gasteiger partial charge in [-0.1, -0.05) is 6.07 Å². The summed E-state index contributed by atoms with van der Waals surface area (Å²) in [5, 5.41) is 0. The van der Waals surface area contributed by atoms with Crippen LogP contribution in [-0.2, 0) is 26.0 Å². The van der Waals surface area contributed by atoms with Crippen LogP contribution in [0.5, 0.6) is 0 Å². The van der Waals surface area contributed by atoms with Crippen molar-refractivity contribution >= 4 is 16.0 Å². The Morgan fingerprint density at radius 2 is 2.14 bits per heavy atom. The van der Waals surface area contributed by atoms with E-state index in [1.165, 1.54) is 4.31 Å². The number of rotatable bonds is 9. The summed E-state index contributed by atoms with van der Waals surface area (Å²) in [6.07, 6.45) is 2.65. The largest absolute Gasteiger partial charge is 0.466 e. The maximum absolute atomic E-state index is 12.0. The lowest BCUT2D eigenvalue weighted by Crippen LogP contribution is -2.31. The zero-order valence-corrected chi connectivity index (χ0v) is 13.3. The number of sulfonamides is 1. The van der Waals surface area contributed by atoms with E-state index >= 15 is 0 Å². The van der Waals surface area contributed by atoms with Gasteiger partial charge in [-0.3, -0.25) is 9.78 Å². The summed E-state index contributed by atoms with van der Waals surface area (Å²) in [5.74, 6) is -0.409. The van der Waals surface area contributed by atoms with Crippen molar-refractivity contribution in [1.29, 1.82) is 0 Å². The van der Waals surface area contributed by atoms with Crippen molar-refractivity contribution in [2.24, 2.45) is 0 Å². The number of carbonyl (C=O) groups excluding carboxylic acids is 1. The molecular formula is C14H22N2O4S. The number of likely N-dealkylation sites (N-methyl/N-ethyl adjacent to an activating group) is 1. The normalized spacial score (nSPS) is 11.6. The van der Waals surface area contributed by atoms with Crippen molar-refractivity contribution in [2.45, 2.75) is 26.2 Å². The topological polar surface area (TPSA) is 76.6 Å². The van der Waals surface area contributed by atoms with Crippen molar-refractivity contribution in [1.82, 2.24) is 9.29 Å². The zero-order valence-electron chi connectivity index (χ0n) is 12.5. The summed E-state index contributed by atoms with van der Waals surface area (Å²) in [6.45, 7) is 2.41. The minimum absolute atomic E-state index is 0.0511. The lowest BCUT2D eigenvalue weighted by molar-refractivity contribution is -0.143.